The molecule has 1 amide bonds. The molecule has 0 heterocycles. The highest BCUT2D eigenvalue weighted by Gasteiger charge is 2.11. The second kappa shape index (κ2) is 6.79. The van der Waals surface area contributed by atoms with Crippen LogP contribution < -0.4 is 0 Å². The second-order valence-electron chi connectivity index (χ2n) is 4.28. The number of hydrogen-bond donors (Lipinski definition) is 0. The van der Waals surface area contributed by atoms with E-state index in [1.807, 2.05) is 25.1 Å². The van der Waals surface area contributed by atoms with Crippen molar-refractivity contribution in [3.05, 3.63) is 35.4 Å². The summed E-state index contributed by atoms with van der Waals surface area (Å²) >= 11 is 0. The van der Waals surface area contributed by atoms with E-state index in [0.717, 1.165) is 5.56 Å². The second-order valence-corrected chi connectivity index (χ2v) is 4.28. The van der Waals surface area contributed by atoms with Gasteiger partial charge in [0, 0.05) is 25.6 Å². The number of esters is 1. The van der Waals surface area contributed by atoms with Crippen LogP contribution in [0.4, 0.5) is 0 Å². The summed E-state index contributed by atoms with van der Waals surface area (Å²) < 4.78 is 4.55. The Bertz CT molecular complexity index is 429. The molecule has 18 heavy (non-hydrogen) atoms. The van der Waals surface area contributed by atoms with Gasteiger partial charge in [-0.15, -0.1) is 0 Å². The zero-order valence-electron chi connectivity index (χ0n) is 11.1. The third kappa shape index (κ3) is 4.20. The molecule has 0 atom stereocenters. The third-order valence-corrected chi connectivity index (χ3v) is 2.71. The van der Waals surface area contributed by atoms with Crippen LogP contribution >= 0.6 is 0 Å². The third-order valence-electron chi connectivity index (χ3n) is 2.71. The molecule has 0 saturated carbocycles. The molecule has 0 saturated heterocycles. The molecule has 1 rings (SSSR count). The highest BCUT2D eigenvalue weighted by Crippen LogP contribution is 2.07. The van der Waals surface area contributed by atoms with Gasteiger partial charge in [-0.1, -0.05) is 17.7 Å². The minimum atomic E-state index is -0.244. The van der Waals surface area contributed by atoms with Crippen LogP contribution in [-0.4, -0.2) is 37.5 Å². The zero-order chi connectivity index (χ0) is 13.5. The van der Waals surface area contributed by atoms with Crippen molar-refractivity contribution in [1.29, 1.82) is 0 Å². The Labute approximate surface area is 108 Å². The van der Waals surface area contributed by atoms with Gasteiger partial charge in [0.25, 0.3) is 5.91 Å². The van der Waals surface area contributed by atoms with Crippen molar-refractivity contribution in [2.24, 2.45) is 0 Å². The smallest absolute Gasteiger partial charge is 0.305 e. The SMILES string of the molecule is COC(=O)CCCN(C)C(=O)c1cccc(C)c1. The molecule has 0 bridgehead atoms. The first-order valence-electron chi connectivity index (χ1n) is 5.93. The van der Waals surface area contributed by atoms with E-state index in [4.69, 9.17) is 0 Å². The van der Waals surface area contributed by atoms with E-state index in [9.17, 15) is 9.59 Å². The molecule has 0 radical (unpaired) electrons. The standard InChI is InChI=1S/C14H19NO3/c1-11-6-4-7-12(10-11)14(17)15(2)9-5-8-13(16)18-3/h4,6-7,10H,5,8-9H2,1-3H3. The van der Waals surface area contributed by atoms with Crippen molar-refractivity contribution < 1.29 is 14.3 Å². The van der Waals surface area contributed by atoms with Crippen molar-refractivity contribution >= 4 is 11.9 Å². The molecular weight excluding hydrogens is 230 g/mol. The summed E-state index contributed by atoms with van der Waals surface area (Å²) in [5.41, 5.74) is 1.74. The minimum absolute atomic E-state index is 0.0245. The number of amides is 1. The van der Waals surface area contributed by atoms with E-state index in [1.54, 1.807) is 18.0 Å². The fourth-order valence-corrected chi connectivity index (χ4v) is 1.66. The van der Waals surface area contributed by atoms with Crippen molar-refractivity contribution in [2.45, 2.75) is 19.8 Å². The van der Waals surface area contributed by atoms with Gasteiger partial charge in [-0.3, -0.25) is 9.59 Å². The molecule has 98 valence electrons. The molecule has 1 aromatic rings. The van der Waals surface area contributed by atoms with E-state index in [-0.39, 0.29) is 11.9 Å². The topological polar surface area (TPSA) is 46.6 Å². The van der Waals surface area contributed by atoms with Gasteiger partial charge in [-0.05, 0) is 25.5 Å². The largest absolute Gasteiger partial charge is 0.469 e. The number of benzene rings is 1. The van der Waals surface area contributed by atoms with Crippen LogP contribution in [0.1, 0.15) is 28.8 Å². The summed E-state index contributed by atoms with van der Waals surface area (Å²) in [5.74, 6) is -0.269. The van der Waals surface area contributed by atoms with E-state index < -0.39 is 0 Å². The number of ether oxygens (including phenoxy) is 1. The van der Waals surface area contributed by atoms with Gasteiger partial charge in [-0.2, -0.15) is 0 Å². The Morgan fingerprint density at radius 1 is 1.33 bits per heavy atom. The van der Waals surface area contributed by atoms with Gasteiger partial charge in [0.1, 0.15) is 0 Å². The average Bonchev–Trinajstić information content (AvgIpc) is 2.37. The Morgan fingerprint density at radius 2 is 2.06 bits per heavy atom. The number of hydrogen-bond acceptors (Lipinski definition) is 3. The molecule has 0 spiro atoms. The van der Waals surface area contributed by atoms with Gasteiger partial charge >= 0.3 is 5.97 Å². The lowest BCUT2D eigenvalue weighted by molar-refractivity contribution is -0.140. The first kappa shape index (κ1) is 14.2. The lowest BCUT2D eigenvalue weighted by Gasteiger charge is -2.17. The van der Waals surface area contributed by atoms with Crippen LogP contribution in [0.15, 0.2) is 24.3 Å². The predicted molar refractivity (Wildman–Crippen MR) is 69.4 cm³/mol. The molecule has 0 aliphatic heterocycles. The number of carbonyl (C=O) groups is 2. The summed E-state index contributed by atoms with van der Waals surface area (Å²) in [6, 6.07) is 7.48. The van der Waals surface area contributed by atoms with Crippen LogP contribution in [0.3, 0.4) is 0 Å². The van der Waals surface area contributed by atoms with Crippen molar-refractivity contribution in [2.75, 3.05) is 20.7 Å². The molecule has 0 aliphatic rings. The molecule has 0 fully saturated rings. The van der Waals surface area contributed by atoms with Crippen LogP contribution in [-0.2, 0) is 9.53 Å². The number of carbonyl (C=O) groups excluding carboxylic acids is 2. The van der Waals surface area contributed by atoms with Crippen molar-refractivity contribution in [3.63, 3.8) is 0 Å². The lowest BCUT2D eigenvalue weighted by Crippen LogP contribution is -2.28. The summed E-state index contributed by atoms with van der Waals surface area (Å²) in [7, 11) is 3.10. The maximum Gasteiger partial charge on any atom is 0.305 e. The van der Waals surface area contributed by atoms with E-state index in [1.165, 1.54) is 7.11 Å². The summed E-state index contributed by atoms with van der Waals surface area (Å²) in [6.45, 7) is 2.50. The van der Waals surface area contributed by atoms with Gasteiger partial charge in [0.15, 0.2) is 0 Å². The monoisotopic (exact) mass is 249 g/mol. The first-order valence-corrected chi connectivity index (χ1v) is 5.93. The lowest BCUT2D eigenvalue weighted by atomic mass is 10.1. The Kier molecular flexibility index (Phi) is 5.36. The number of rotatable bonds is 5. The quantitative estimate of drug-likeness (QED) is 0.750. The summed E-state index contributed by atoms with van der Waals surface area (Å²) in [6.07, 6.45) is 0.947. The van der Waals surface area contributed by atoms with E-state index in [2.05, 4.69) is 4.74 Å². The average molecular weight is 249 g/mol. The number of nitrogens with zero attached hydrogens (tertiary/aromatic N) is 1. The van der Waals surface area contributed by atoms with Gasteiger partial charge in [-0.25, -0.2) is 0 Å². The minimum Gasteiger partial charge on any atom is -0.469 e. The summed E-state index contributed by atoms with van der Waals surface area (Å²) in [5, 5.41) is 0. The van der Waals surface area contributed by atoms with Gasteiger partial charge in [0.2, 0.25) is 0 Å². The van der Waals surface area contributed by atoms with E-state index in [0.29, 0.717) is 24.9 Å². The summed E-state index contributed by atoms with van der Waals surface area (Å²) in [4.78, 5) is 24.6. The Balaban J connectivity index is 2.49. The van der Waals surface area contributed by atoms with E-state index >= 15 is 0 Å². The molecule has 1 aromatic carbocycles. The fraction of sp³-hybridized carbons (Fsp3) is 0.429. The molecule has 0 unspecified atom stereocenters. The maximum absolute atomic E-state index is 12.1. The Hall–Kier alpha value is -1.84. The molecule has 0 aliphatic carbocycles. The zero-order valence-corrected chi connectivity index (χ0v) is 11.1. The highest BCUT2D eigenvalue weighted by atomic mass is 16.5. The van der Waals surface area contributed by atoms with Crippen LogP contribution in [0.5, 0.6) is 0 Å². The van der Waals surface area contributed by atoms with Crippen LogP contribution in [0.25, 0.3) is 0 Å². The van der Waals surface area contributed by atoms with Crippen molar-refractivity contribution in [3.8, 4) is 0 Å². The van der Waals surface area contributed by atoms with Crippen LogP contribution in [0.2, 0.25) is 0 Å². The fourth-order valence-electron chi connectivity index (χ4n) is 1.66. The molecular formula is C14H19NO3. The normalized spacial score (nSPS) is 9.94. The molecule has 4 nitrogen and oxygen atoms in total. The number of methoxy groups -OCH3 is 1. The maximum atomic E-state index is 12.1. The Morgan fingerprint density at radius 3 is 2.67 bits per heavy atom. The van der Waals surface area contributed by atoms with Gasteiger partial charge < -0.3 is 9.64 Å². The number of aryl methyl sites for hydroxylation is 1. The molecule has 4 heteroatoms. The van der Waals surface area contributed by atoms with Gasteiger partial charge in [0.05, 0.1) is 7.11 Å². The molecule has 0 N–H and O–H groups in total. The molecule has 0 aromatic heterocycles. The first-order chi connectivity index (χ1) is 8.54. The van der Waals surface area contributed by atoms with Crippen molar-refractivity contribution in [1.82, 2.24) is 4.90 Å². The predicted octanol–water partition coefficient (Wildman–Crippen LogP) is 2.02. The van der Waals surface area contributed by atoms with Crippen LogP contribution in [0, 0.1) is 6.92 Å². The highest BCUT2D eigenvalue weighted by molar-refractivity contribution is 5.94.